The lowest BCUT2D eigenvalue weighted by Gasteiger charge is -2.42. The molecule has 2 aliphatic rings. The lowest BCUT2D eigenvalue weighted by atomic mass is 9.70. The number of thioether (sulfide) groups is 2. The molecule has 0 bridgehead atoms. The maximum absolute atomic E-state index is 12.4. The molecule has 0 aromatic rings. The van der Waals surface area contributed by atoms with Gasteiger partial charge in [0.1, 0.15) is 11.6 Å². The smallest absolute Gasteiger partial charge is 0.138 e. The van der Waals surface area contributed by atoms with Gasteiger partial charge in [-0.15, -0.1) is 23.5 Å². The van der Waals surface area contributed by atoms with Crippen molar-refractivity contribution in [3.05, 3.63) is 0 Å². The summed E-state index contributed by atoms with van der Waals surface area (Å²) in [5.41, 5.74) is -0.577. The molecule has 0 N–H and O–H groups in total. The van der Waals surface area contributed by atoms with Crippen molar-refractivity contribution in [1.29, 1.82) is 0 Å². The van der Waals surface area contributed by atoms with Gasteiger partial charge < -0.3 is 0 Å². The largest absolute Gasteiger partial charge is 0.299 e. The van der Waals surface area contributed by atoms with E-state index in [9.17, 15) is 9.59 Å². The van der Waals surface area contributed by atoms with Crippen molar-refractivity contribution >= 4 is 35.1 Å². The summed E-state index contributed by atoms with van der Waals surface area (Å²) in [5, 5.41) is 0. The highest BCUT2D eigenvalue weighted by Crippen LogP contribution is 2.57. The average Bonchev–Trinajstić information content (AvgIpc) is 2.79. The third-order valence-electron chi connectivity index (χ3n) is 4.62. The topological polar surface area (TPSA) is 34.1 Å². The van der Waals surface area contributed by atoms with Gasteiger partial charge in [0.05, 0.1) is 4.08 Å². The maximum Gasteiger partial charge on any atom is 0.138 e. The van der Waals surface area contributed by atoms with Gasteiger partial charge >= 0.3 is 0 Å². The van der Waals surface area contributed by atoms with Gasteiger partial charge in [-0.1, -0.05) is 27.7 Å². The summed E-state index contributed by atoms with van der Waals surface area (Å²) in [7, 11) is 0. The third-order valence-corrected chi connectivity index (χ3v) is 8.15. The first-order valence-corrected chi connectivity index (χ1v) is 9.49. The molecular weight excluding hydrogens is 288 g/mol. The van der Waals surface area contributed by atoms with E-state index < -0.39 is 0 Å². The first kappa shape index (κ1) is 16.4. The van der Waals surface area contributed by atoms with E-state index in [-0.39, 0.29) is 20.7 Å². The molecule has 0 unspecified atom stereocenters. The number of Topliss-reactive ketones (excluding diaryl/α,β-unsaturated/α-hetero) is 2. The minimum absolute atomic E-state index is 0.257. The van der Waals surface area contributed by atoms with Gasteiger partial charge in [0.15, 0.2) is 0 Å². The Labute approximate surface area is 131 Å². The molecule has 1 saturated heterocycles. The molecule has 2 nitrogen and oxygen atoms in total. The second-order valence-electron chi connectivity index (χ2n) is 7.44. The summed E-state index contributed by atoms with van der Waals surface area (Å²) in [4.78, 5) is 24.5. The number of carbonyl (C=O) groups excluding carboxylic acids is 2. The van der Waals surface area contributed by atoms with Crippen molar-refractivity contribution in [3.63, 3.8) is 0 Å². The Morgan fingerprint density at radius 2 is 1.85 bits per heavy atom. The average molecular weight is 315 g/mol. The van der Waals surface area contributed by atoms with Crippen molar-refractivity contribution in [2.45, 2.75) is 63.9 Å². The fourth-order valence-corrected chi connectivity index (χ4v) is 6.70. The number of ketones is 2. The Bertz CT molecular complexity index is 405. The molecule has 1 atom stereocenters. The van der Waals surface area contributed by atoms with Crippen LogP contribution in [0.5, 0.6) is 0 Å². The van der Waals surface area contributed by atoms with Crippen LogP contribution in [0.2, 0.25) is 0 Å². The Morgan fingerprint density at radius 3 is 2.40 bits per heavy atom. The standard InChI is InChI=1S/C16H26O2S2/c1-14(2,3)12(17)5-7-15(4)11-16(8-6-13(15)18)19-9-10-20-16/h5-11H2,1-4H3/t15-/m1/s1. The molecule has 0 aromatic heterocycles. The van der Waals surface area contributed by atoms with E-state index in [1.807, 2.05) is 44.3 Å². The van der Waals surface area contributed by atoms with Crippen LogP contribution in [0.15, 0.2) is 0 Å². The van der Waals surface area contributed by atoms with Crippen LogP contribution in [0.1, 0.15) is 59.8 Å². The molecule has 1 spiro atoms. The number of hydrogen-bond acceptors (Lipinski definition) is 4. The highest BCUT2D eigenvalue weighted by atomic mass is 32.2. The Morgan fingerprint density at radius 1 is 1.25 bits per heavy atom. The van der Waals surface area contributed by atoms with E-state index >= 15 is 0 Å². The van der Waals surface area contributed by atoms with Crippen LogP contribution >= 0.6 is 23.5 Å². The zero-order valence-electron chi connectivity index (χ0n) is 13.1. The monoisotopic (exact) mass is 314 g/mol. The summed E-state index contributed by atoms with van der Waals surface area (Å²) in [5.74, 6) is 3.06. The summed E-state index contributed by atoms with van der Waals surface area (Å²) >= 11 is 4.07. The highest BCUT2D eigenvalue weighted by Gasteiger charge is 2.49. The van der Waals surface area contributed by atoms with Gasteiger partial charge in [-0.25, -0.2) is 0 Å². The zero-order chi connectivity index (χ0) is 15.0. The zero-order valence-corrected chi connectivity index (χ0v) is 14.7. The molecule has 4 heteroatoms. The van der Waals surface area contributed by atoms with E-state index in [0.717, 1.165) is 19.3 Å². The predicted octanol–water partition coefficient (Wildman–Crippen LogP) is 4.32. The van der Waals surface area contributed by atoms with E-state index in [2.05, 4.69) is 6.92 Å². The van der Waals surface area contributed by atoms with Gasteiger partial charge in [-0.3, -0.25) is 9.59 Å². The molecule has 20 heavy (non-hydrogen) atoms. The maximum atomic E-state index is 12.4. The molecule has 2 fully saturated rings. The number of hydrogen-bond donors (Lipinski definition) is 0. The first-order valence-electron chi connectivity index (χ1n) is 7.52. The number of carbonyl (C=O) groups is 2. The Hall–Kier alpha value is 0.0400. The molecule has 2 rings (SSSR count). The molecule has 1 aliphatic carbocycles. The second kappa shape index (κ2) is 5.68. The second-order valence-corrected chi connectivity index (χ2v) is 10.7. The van der Waals surface area contributed by atoms with Crippen LogP contribution in [0.3, 0.4) is 0 Å². The molecule has 0 amide bonds. The molecule has 1 aliphatic heterocycles. The van der Waals surface area contributed by atoms with Crippen LogP contribution in [0.4, 0.5) is 0 Å². The van der Waals surface area contributed by atoms with Gasteiger partial charge in [0.2, 0.25) is 0 Å². The minimum atomic E-state index is -0.289. The Balaban J connectivity index is 2.03. The highest BCUT2D eigenvalue weighted by molar-refractivity contribution is 8.21. The first-order chi connectivity index (χ1) is 9.17. The van der Waals surface area contributed by atoms with Crippen molar-refractivity contribution in [2.24, 2.45) is 10.8 Å². The van der Waals surface area contributed by atoms with E-state index in [1.165, 1.54) is 11.5 Å². The summed E-state index contributed by atoms with van der Waals surface area (Å²) in [6.07, 6.45) is 3.93. The van der Waals surface area contributed by atoms with Crippen molar-refractivity contribution in [3.8, 4) is 0 Å². The molecule has 1 heterocycles. The SMILES string of the molecule is CC(C)(C)C(=O)CC[C@]1(C)CC2(CCC1=O)SCCS2. The van der Waals surface area contributed by atoms with E-state index in [0.29, 0.717) is 18.6 Å². The van der Waals surface area contributed by atoms with E-state index in [1.54, 1.807) is 0 Å². The molecule has 114 valence electrons. The van der Waals surface area contributed by atoms with Crippen LogP contribution in [0, 0.1) is 10.8 Å². The molecule has 0 radical (unpaired) electrons. The van der Waals surface area contributed by atoms with E-state index in [4.69, 9.17) is 0 Å². The Kier molecular flexibility index (Phi) is 4.66. The molecule has 0 aromatic carbocycles. The third kappa shape index (κ3) is 3.44. The van der Waals surface area contributed by atoms with Crippen molar-refractivity contribution in [1.82, 2.24) is 0 Å². The molecule has 1 saturated carbocycles. The summed E-state index contributed by atoms with van der Waals surface area (Å²) in [6.45, 7) is 7.98. The van der Waals surface area contributed by atoms with Crippen LogP contribution in [-0.4, -0.2) is 27.2 Å². The predicted molar refractivity (Wildman–Crippen MR) is 88.3 cm³/mol. The molecular formula is C16H26O2S2. The normalized spacial score (nSPS) is 29.9. The lowest BCUT2D eigenvalue weighted by molar-refractivity contribution is -0.132. The van der Waals surface area contributed by atoms with Crippen LogP contribution in [0.25, 0.3) is 0 Å². The minimum Gasteiger partial charge on any atom is -0.299 e. The lowest BCUT2D eigenvalue weighted by Crippen LogP contribution is -2.41. The van der Waals surface area contributed by atoms with Crippen molar-refractivity contribution in [2.75, 3.05) is 11.5 Å². The number of rotatable bonds is 3. The van der Waals surface area contributed by atoms with Crippen LogP contribution < -0.4 is 0 Å². The van der Waals surface area contributed by atoms with Gasteiger partial charge in [0, 0.05) is 35.2 Å². The van der Waals surface area contributed by atoms with Crippen LogP contribution in [-0.2, 0) is 9.59 Å². The quantitative estimate of drug-likeness (QED) is 0.777. The van der Waals surface area contributed by atoms with Crippen molar-refractivity contribution < 1.29 is 9.59 Å². The summed E-state index contributed by atoms with van der Waals surface area (Å²) < 4.78 is 0.257. The summed E-state index contributed by atoms with van der Waals surface area (Å²) in [6, 6.07) is 0. The fraction of sp³-hybridized carbons (Fsp3) is 0.875. The fourth-order valence-electron chi connectivity index (χ4n) is 3.12. The van der Waals surface area contributed by atoms with Gasteiger partial charge in [-0.05, 0) is 19.3 Å². The van der Waals surface area contributed by atoms with Gasteiger partial charge in [-0.2, -0.15) is 0 Å². The van der Waals surface area contributed by atoms with Gasteiger partial charge in [0.25, 0.3) is 0 Å².